The summed E-state index contributed by atoms with van der Waals surface area (Å²) in [6.45, 7) is 7.42. The minimum Gasteiger partial charge on any atom is -0.479 e. The number of urea groups is 1. The molecule has 1 N–H and O–H groups in total. The summed E-state index contributed by atoms with van der Waals surface area (Å²) in [6, 6.07) is -0.0825. The molecular weight excluding hydrogens is 256 g/mol. The summed E-state index contributed by atoms with van der Waals surface area (Å²) in [5, 5.41) is 9.67. The zero-order valence-corrected chi connectivity index (χ0v) is 12.8. The highest BCUT2D eigenvalue weighted by Crippen LogP contribution is 2.37. The first-order valence-electron chi connectivity index (χ1n) is 7.68. The van der Waals surface area contributed by atoms with E-state index in [0.29, 0.717) is 19.4 Å². The Morgan fingerprint density at radius 2 is 1.70 bits per heavy atom. The maximum Gasteiger partial charge on any atom is 0.329 e. The molecule has 0 aromatic rings. The lowest BCUT2D eigenvalue weighted by molar-refractivity contribution is -0.149. The molecule has 2 heterocycles. The van der Waals surface area contributed by atoms with Gasteiger partial charge in [-0.3, -0.25) is 0 Å². The molecule has 2 aliphatic rings. The van der Waals surface area contributed by atoms with Crippen LogP contribution in [0.5, 0.6) is 0 Å². The van der Waals surface area contributed by atoms with Gasteiger partial charge in [-0.25, -0.2) is 9.59 Å². The molecule has 0 saturated carbocycles. The van der Waals surface area contributed by atoms with Crippen molar-refractivity contribution >= 4 is 12.0 Å². The van der Waals surface area contributed by atoms with Crippen LogP contribution in [0.15, 0.2) is 0 Å². The average Bonchev–Trinajstić information content (AvgIpc) is 2.93. The maximum absolute atomic E-state index is 12.8. The Morgan fingerprint density at radius 3 is 2.20 bits per heavy atom. The molecule has 5 nitrogen and oxygen atoms in total. The highest BCUT2D eigenvalue weighted by molar-refractivity contribution is 5.87. The molecule has 0 aliphatic carbocycles. The van der Waals surface area contributed by atoms with Crippen molar-refractivity contribution in [2.45, 2.75) is 70.4 Å². The first-order chi connectivity index (χ1) is 9.35. The van der Waals surface area contributed by atoms with Gasteiger partial charge in [0.05, 0.1) is 0 Å². The molecular formula is C15H26N2O3. The van der Waals surface area contributed by atoms with E-state index in [0.717, 1.165) is 32.2 Å². The Labute approximate surface area is 120 Å². The van der Waals surface area contributed by atoms with Gasteiger partial charge in [0, 0.05) is 18.6 Å². The number of hydrogen-bond donors (Lipinski definition) is 1. The second kappa shape index (κ2) is 5.26. The SMILES string of the molecule is CCCC1(C(=O)O)CCCN1C(=O)N1CCCC1(C)C. The third-order valence-electron chi connectivity index (χ3n) is 4.91. The van der Waals surface area contributed by atoms with E-state index >= 15 is 0 Å². The first-order valence-corrected chi connectivity index (χ1v) is 7.68. The smallest absolute Gasteiger partial charge is 0.329 e. The van der Waals surface area contributed by atoms with Crippen molar-refractivity contribution in [3.63, 3.8) is 0 Å². The Bertz CT molecular complexity index is 408. The lowest BCUT2D eigenvalue weighted by Crippen LogP contribution is -2.59. The molecule has 0 aromatic carbocycles. The molecule has 2 aliphatic heterocycles. The predicted molar refractivity (Wildman–Crippen MR) is 76.6 cm³/mol. The molecule has 1 unspecified atom stereocenters. The van der Waals surface area contributed by atoms with Gasteiger partial charge in [-0.2, -0.15) is 0 Å². The van der Waals surface area contributed by atoms with E-state index in [4.69, 9.17) is 0 Å². The summed E-state index contributed by atoms with van der Waals surface area (Å²) in [5.41, 5.74) is -1.14. The largest absolute Gasteiger partial charge is 0.479 e. The van der Waals surface area contributed by atoms with E-state index in [1.54, 1.807) is 4.90 Å². The van der Waals surface area contributed by atoms with E-state index in [-0.39, 0.29) is 11.6 Å². The van der Waals surface area contributed by atoms with Crippen LogP contribution in [-0.2, 0) is 4.79 Å². The number of likely N-dealkylation sites (tertiary alicyclic amines) is 2. The van der Waals surface area contributed by atoms with Crippen LogP contribution in [0.4, 0.5) is 4.79 Å². The van der Waals surface area contributed by atoms with Crippen LogP contribution in [0, 0.1) is 0 Å². The topological polar surface area (TPSA) is 60.9 Å². The maximum atomic E-state index is 12.8. The van der Waals surface area contributed by atoms with Gasteiger partial charge in [-0.1, -0.05) is 13.3 Å². The molecule has 1 atom stereocenters. The van der Waals surface area contributed by atoms with E-state index in [9.17, 15) is 14.7 Å². The monoisotopic (exact) mass is 282 g/mol. The number of nitrogens with zero attached hydrogens (tertiary/aromatic N) is 2. The van der Waals surface area contributed by atoms with Gasteiger partial charge in [0.15, 0.2) is 0 Å². The van der Waals surface area contributed by atoms with Crippen molar-refractivity contribution in [2.75, 3.05) is 13.1 Å². The lowest BCUT2D eigenvalue weighted by Gasteiger charge is -2.41. The summed E-state index contributed by atoms with van der Waals surface area (Å²) in [4.78, 5) is 28.1. The van der Waals surface area contributed by atoms with E-state index in [1.807, 2.05) is 11.8 Å². The number of carbonyl (C=O) groups is 2. The van der Waals surface area contributed by atoms with Crippen LogP contribution in [0.3, 0.4) is 0 Å². The molecule has 0 aromatic heterocycles. The van der Waals surface area contributed by atoms with Crippen LogP contribution >= 0.6 is 0 Å². The molecule has 114 valence electrons. The minimum atomic E-state index is -0.982. The van der Waals surface area contributed by atoms with Crippen LogP contribution in [0.1, 0.15) is 59.3 Å². The quantitative estimate of drug-likeness (QED) is 0.865. The summed E-state index contributed by atoms with van der Waals surface area (Å²) >= 11 is 0. The van der Waals surface area contributed by atoms with Crippen molar-refractivity contribution < 1.29 is 14.7 Å². The van der Waals surface area contributed by atoms with Gasteiger partial charge in [-0.05, 0) is 46.0 Å². The number of carboxylic acid groups (broad SMARTS) is 1. The van der Waals surface area contributed by atoms with Crippen molar-refractivity contribution in [1.82, 2.24) is 9.80 Å². The lowest BCUT2D eigenvalue weighted by atomic mass is 9.90. The summed E-state index contributed by atoms with van der Waals surface area (Å²) in [7, 11) is 0. The molecule has 2 rings (SSSR count). The van der Waals surface area contributed by atoms with Gasteiger partial charge in [-0.15, -0.1) is 0 Å². The van der Waals surface area contributed by atoms with Crippen molar-refractivity contribution in [2.24, 2.45) is 0 Å². The third-order valence-corrected chi connectivity index (χ3v) is 4.91. The van der Waals surface area contributed by atoms with Gasteiger partial charge in [0.2, 0.25) is 0 Å². The Kier molecular flexibility index (Phi) is 3.98. The van der Waals surface area contributed by atoms with Crippen molar-refractivity contribution in [1.29, 1.82) is 0 Å². The Hall–Kier alpha value is -1.26. The second-order valence-corrected chi connectivity index (χ2v) is 6.69. The molecule has 20 heavy (non-hydrogen) atoms. The second-order valence-electron chi connectivity index (χ2n) is 6.69. The van der Waals surface area contributed by atoms with Gasteiger partial charge >= 0.3 is 12.0 Å². The highest BCUT2D eigenvalue weighted by atomic mass is 16.4. The summed E-state index contributed by atoms with van der Waals surface area (Å²) in [5.74, 6) is -0.845. The number of amides is 2. The van der Waals surface area contributed by atoms with Crippen molar-refractivity contribution in [3.05, 3.63) is 0 Å². The van der Waals surface area contributed by atoms with E-state index in [2.05, 4.69) is 13.8 Å². The fourth-order valence-corrected chi connectivity index (χ4v) is 3.77. The zero-order chi connectivity index (χ0) is 15.0. The highest BCUT2D eigenvalue weighted by Gasteiger charge is 2.52. The molecule has 0 spiro atoms. The van der Waals surface area contributed by atoms with Gasteiger partial charge in [0.1, 0.15) is 5.54 Å². The van der Waals surface area contributed by atoms with Crippen molar-refractivity contribution in [3.8, 4) is 0 Å². The molecule has 0 bridgehead atoms. The Balaban J connectivity index is 2.26. The number of aliphatic carboxylic acids is 1. The standard InChI is InChI=1S/C15H26N2O3/c1-4-7-15(12(18)19)9-6-11-17(15)13(20)16-10-5-8-14(16,2)3/h4-11H2,1-3H3,(H,18,19). The van der Waals surface area contributed by atoms with Crippen LogP contribution in [0.2, 0.25) is 0 Å². The fourth-order valence-electron chi connectivity index (χ4n) is 3.77. The van der Waals surface area contributed by atoms with Gasteiger partial charge in [0.25, 0.3) is 0 Å². The predicted octanol–water partition coefficient (Wildman–Crippen LogP) is 2.70. The Morgan fingerprint density at radius 1 is 1.10 bits per heavy atom. The van der Waals surface area contributed by atoms with E-state index < -0.39 is 11.5 Å². The first kappa shape index (κ1) is 15.1. The third kappa shape index (κ3) is 2.27. The fraction of sp³-hybridized carbons (Fsp3) is 0.867. The summed E-state index contributed by atoms with van der Waals surface area (Å²) < 4.78 is 0. The van der Waals surface area contributed by atoms with Gasteiger partial charge < -0.3 is 14.9 Å². The number of carbonyl (C=O) groups excluding carboxylic acids is 1. The average molecular weight is 282 g/mol. The summed E-state index contributed by atoms with van der Waals surface area (Å²) in [6.07, 6.45) is 4.67. The number of hydrogen-bond acceptors (Lipinski definition) is 2. The molecule has 0 radical (unpaired) electrons. The van der Waals surface area contributed by atoms with Crippen LogP contribution in [0.25, 0.3) is 0 Å². The molecule has 2 saturated heterocycles. The number of carboxylic acids is 1. The van der Waals surface area contributed by atoms with Crippen LogP contribution < -0.4 is 0 Å². The molecule has 2 amide bonds. The van der Waals surface area contributed by atoms with Crippen LogP contribution in [-0.4, -0.2) is 51.1 Å². The minimum absolute atomic E-state index is 0.0825. The number of rotatable bonds is 3. The van der Waals surface area contributed by atoms with E-state index in [1.165, 1.54) is 0 Å². The zero-order valence-electron chi connectivity index (χ0n) is 12.8. The molecule has 2 fully saturated rings. The normalized spacial score (nSPS) is 28.9. The molecule has 5 heteroatoms.